The summed E-state index contributed by atoms with van der Waals surface area (Å²) < 4.78 is 5.60. The Morgan fingerprint density at radius 2 is 1.78 bits per heavy atom. The molecule has 0 spiro atoms. The SMILES string of the molecule is CC(C)Oc1ccc(NC(=O)c2cc(Nc3ccccc3Cl)ccn2)cc1. The van der Waals surface area contributed by atoms with Crippen LogP contribution in [0.1, 0.15) is 24.3 Å². The number of carbonyl (C=O) groups excluding carboxylic acids is 1. The highest BCUT2D eigenvalue weighted by molar-refractivity contribution is 6.33. The summed E-state index contributed by atoms with van der Waals surface area (Å²) in [7, 11) is 0. The van der Waals surface area contributed by atoms with Gasteiger partial charge in [-0.15, -0.1) is 0 Å². The van der Waals surface area contributed by atoms with Gasteiger partial charge in [-0.3, -0.25) is 9.78 Å². The average Bonchev–Trinajstić information content (AvgIpc) is 2.65. The molecule has 0 aliphatic heterocycles. The Bertz CT molecular complexity index is 927. The van der Waals surface area contributed by atoms with Crippen LogP contribution in [0.4, 0.5) is 17.1 Å². The quantitative estimate of drug-likeness (QED) is 0.590. The molecule has 0 saturated carbocycles. The number of hydrogen-bond acceptors (Lipinski definition) is 4. The monoisotopic (exact) mass is 381 g/mol. The van der Waals surface area contributed by atoms with E-state index in [0.717, 1.165) is 17.1 Å². The summed E-state index contributed by atoms with van der Waals surface area (Å²) in [4.78, 5) is 16.6. The van der Waals surface area contributed by atoms with Crippen molar-refractivity contribution in [2.75, 3.05) is 10.6 Å². The Morgan fingerprint density at radius 3 is 2.48 bits per heavy atom. The molecule has 3 aromatic rings. The van der Waals surface area contributed by atoms with Crippen molar-refractivity contribution in [1.82, 2.24) is 4.98 Å². The van der Waals surface area contributed by atoms with Gasteiger partial charge in [0.25, 0.3) is 5.91 Å². The normalized spacial score (nSPS) is 10.5. The molecule has 0 bridgehead atoms. The summed E-state index contributed by atoms with van der Waals surface area (Å²) in [5.74, 6) is 0.461. The van der Waals surface area contributed by atoms with Crippen molar-refractivity contribution in [1.29, 1.82) is 0 Å². The van der Waals surface area contributed by atoms with Crippen molar-refractivity contribution in [2.45, 2.75) is 20.0 Å². The van der Waals surface area contributed by atoms with E-state index in [1.807, 2.05) is 44.2 Å². The van der Waals surface area contributed by atoms with E-state index < -0.39 is 0 Å². The number of carbonyl (C=O) groups is 1. The molecule has 0 aliphatic carbocycles. The van der Waals surface area contributed by atoms with Crippen LogP contribution in [-0.2, 0) is 0 Å². The van der Waals surface area contributed by atoms with Crippen molar-refractivity contribution in [2.24, 2.45) is 0 Å². The molecule has 1 heterocycles. The zero-order chi connectivity index (χ0) is 19.2. The highest BCUT2D eigenvalue weighted by Crippen LogP contribution is 2.25. The lowest BCUT2D eigenvalue weighted by molar-refractivity contribution is 0.102. The van der Waals surface area contributed by atoms with Gasteiger partial charge in [0.1, 0.15) is 11.4 Å². The van der Waals surface area contributed by atoms with E-state index in [1.165, 1.54) is 0 Å². The Balaban J connectivity index is 1.69. The van der Waals surface area contributed by atoms with Gasteiger partial charge in [-0.05, 0) is 62.4 Å². The lowest BCUT2D eigenvalue weighted by Crippen LogP contribution is -2.14. The molecule has 3 rings (SSSR count). The molecule has 1 amide bonds. The largest absolute Gasteiger partial charge is 0.491 e. The molecule has 6 heteroatoms. The first-order valence-corrected chi connectivity index (χ1v) is 8.95. The second-order valence-corrected chi connectivity index (χ2v) is 6.59. The first-order valence-electron chi connectivity index (χ1n) is 8.57. The van der Waals surface area contributed by atoms with E-state index in [4.69, 9.17) is 16.3 Å². The van der Waals surface area contributed by atoms with Gasteiger partial charge >= 0.3 is 0 Å². The first kappa shape index (κ1) is 18.7. The fourth-order valence-electron chi connectivity index (χ4n) is 2.43. The van der Waals surface area contributed by atoms with Crippen LogP contribution >= 0.6 is 11.6 Å². The van der Waals surface area contributed by atoms with E-state index in [0.29, 0.717) is 16.4 Å². The molecule has 0 aliphatic rings. The minimum Gasteiger partial charge on any atom is -0.491 e. The fourth-order valence-corrected chi connectivity index (χ4v) is 2.62. The first-order chi connectivity index (χ1) is 13.0. The van der Waals surface area contributed by atoms with E-state index in [1.54, 1.807) is 36.5 Å². The molecule has 2 N–H and O–H groups in total. The van der Waals surface area contributed by atoms with Crippen molar-refractivity contribution < 1.29 is 9.53 Å². The molecule has 138 valence electrons. The number of para-hydroxylation sites is 1. The van der Waals surface area contributed by atoms with Gasteiger partial charge in [0, 0.05) is 17.6 Å². The number of aromatic nitrogens is 1. The molecule has 1 aromatic heterocycles. The van der Waals surface area contributed by atoms with Crippen molar-refractivity contribution in [3.05, 3.63) is 77.6 Å². The van der Waals surface area contributed by atoms with Crippen LogP contribution in [0.2, 0.25) is 5.02 Å². The van der Waals surface area contributed by atoms with Crippen molar-refractivity contribution in [3.63, 3.8) is 0 Å². The fraction of sp³-hybridized carbons (Fsp3) is 0.143. The van der Waals surface area contributed by atoms with Crippen LogP contribution in [0.5, 0.6) is 5.75 Å². The average molecular weight is 382 g/mol. The molecule has 0 fully saturated rings. The molecule has 27 heavy (non-hydrogen) atoms. The summed E-state index contributed by atoms with van der Waals surface area (Å²) in [5, 5.41) is 6.62. The van der Waals surface area contributed by atoms with Gasteiger partial charge in [0.2, 0.25) is 0 Å². The standard InChI is InChI=1S/C21H20ClN3O2/c1-14(2)27-17-9-7-15(8-10-17)25-21(26)20-13-16(11-12-23-20)24-19-6-4-3-5-18(19)22/h3-14H,1-2H3,(H,23,24)(H,25,26). The molecule has 5 nitrogen and oxygen atoms in total. The minimum absolute atomic E-state index is 0.1000. The summed E-state index contributed by atoms with van der Waals surface area (Å²) in [6.07, 6.45) is 1.68. The maximum atomic E-state index is 12.5. The Morgan fingerprint density at radius 1 is 1.04 bits per heavy atom. The predicted molar refractivity (Wildman–Crippen MR) is 109 cm³/mol. The lowest BCUT2D eigenvalue weighted by Gasteiger charge is -2.11. The Labute approximate surface area is 163 Å². The predicted octanol–water partition coefficient (Wildman–Crippen LogP) is 5.52. The third-order valence-corrected chi connectivity index (χ3v) is 3.96. The van der Waals surface area contributed by atoms with Gasteiger partial charge in [-0.1, -0.05) is 23.7 Å². The Kier molecular flexibility index (Phi) is 5.94. The number of amides is 1. The van der Waals surface area contributed by atoms with Crippen LogP contribution in [0.25, 0.3) is 0 Å². The van der Waals surface area contributed by atoms with Crippen molar-refractivity contribution in [3.8, 4) is 5.75 Å². The van der Waals surface area contributed by atoms with E-state index in [2.05, 4.69) is 15.6 Å². The number of nitrogens with one attached hydrogen (secondary N) is 2. The highest BCUT2D eigenvalue weighted by Gasteiger charge is 2.10. The smallest absolute Gasteiger partial charge is 0.274 e. The molecule has 2 aromatic carbocycles. The van der Waals surface area contributed by atoms with Gasteiger partial charge in [0.15, 0.2) is 0 Å². The number of benzene rings is 2. The third-order valence-electron chi connectivity index (χ3n) is 3.63. The zero-order valence-corrected chi connectivity index (χ0v) is 15.8. The molecule has 0 unspecified atom stereocenters. The maximum Gasteiger partial charge on any atom is 0.274 e. The third kappa shape index (κ3) is 5.21. The summed E-state index contributed by atoms with van der Waals surface area (Å²) in [5.41, 5.74) is 2.46. The van der Waals surface area contributed by atoms with Gasteiger partial charge in [-0.25, -0.2) is 0 Å². The number of rotatable bonds is 6. The highest BCUT2D eigenvalue weighted by atomic mass is 35.5. The molecular weight excluding hydrogens is 362 g/mol. The van der Waals surface area contributed by atoms with Crippen LogP contribution in [0, 0.1) is 0 Å². The lowest BCUT2D eigenvalue weighted by atomic mass is 10.2. The maximum absolute atomic E-state index is 12.5. The van der Waals surface area contributed by atoms with Crippen LogP contribution < -0.4 is 15.4 Å². The molecular formula is C21H20ClN3O2. The number of halogens is 1. The van der Waals surface area contributed by atoms with Crippen LogP contribution in [0.15, 0.2) is 66.9 Å². The topological polar surface area (TPSA) is 63.2 Å². The van der Waals surface area contributed by atoms with Gasteiger partial charge < -0.3 is 15.4 Å². The minimum atomic E-state index is -0.296. The van der Waals surface area contributed by atoms with Crippen LogP contribution in [0.3, 0.4) is 0 Å². The molecule has 0 saturated heterocycles. The summed E-state index contributed by atoms with van der Waals surface area (Å²) in [6, 6.07) is 18.1. The summed E-state index contributed by atoms with van der Waals surface area (Å²) in [6.45, 7) is 3.93. The molecule has 0 atom stereocenters. The molecule has 0 radical (unpaired) electrons. The zero-order valence-electron chi connectivity index (χ0n) is 15.1. The number of hydrogen-bond donors (Lipinski definition) is 2. The van der Waals surface area contributed by atoms with Crippen LogP contribution in [-0.4, -0.2) is 17.0 Å². The van der Waals surface area contributed by atoms with E-state index >= 15 is 0 Å². The van der Waals surface area contributed by atoms with Crippen molar-refractivity contribution >= 4 is 34.6 Å². The number of anilines is 3. The number of pyridine rings is 1. The second-order valence-electron chi connectivity index (χ2n) is 6.18. The second kappa shape index (κ2) is 8.56. The van der Waals surface area contributed by atoms with E-state index in [9.17, 15) is 4.79 Å². The number of nitrogens with zero attached hydrogens (tertiary/aromatic N) is 1. The van der Waals surface area contributed by atoms with Gasteiger partial charge in [-0.2, -0.15) is 0 Å². The van der Waals surface area contributed by atoms with E-state index in [-0.39, 0.29) is 12.0 Å². The summed E-state index contributed by atoms with van der Waals surface area (Å²) >= 11 is 6.16. The van der Waals surface area contributed by atoms with Gasteiger partial charge in [0.05, 0.1) is 16.8 Å². The number of ether oxygens (including phenoxy) is 1. The Hall–Kier alpha value is -3.05.